The summed E-state index contributed by atoms with van der Waals surface area (Å²) in [6.07, 6.45) is -0.430. The molecular weight excluding hydrogens is 426 g/mol. The third-order valence-corrected chi connectivity index (χ3v) is 5.53. The van der Waals surface area contributed by atoms with Gasteiger partial charge in [0.25, 0.3) is 5.91 Å². The van der Waals surface area contributed by atoms with Gasteiger partial charge in [-0.2, -0.15) is 0 Å². The van der Waals surface area contributed by atoms with Crippen LogP contribution in [0.15, 0.2) is 72.8 Å². The lowest BCUT2D eigenvalue weighted by Crippen LogP contribution is -2.45. The molecule has 164 valence electrons. The molecule has 4 rings (SSSR count). The van der Waals surface area contributed by atoms with Gasteiger partial charge in [-0.3, -0.25) is 9.59 Å². The Kier molecular flexibility index (Phi) is 6.61. The average Bonchev–Trinajstić information content (AvgIpc) is 2.79. The molecule has 2 N–H and O–H groups in total. The molecule has 0 spiro atoms. The predicted molar refractivity (Wildman–Crippen MR) is 127 cm³/mol. The number of carbonyl (C=O) groups excluding carboxylic acids is 2. The topological polar surface area (TPSA) is 70.7 Å². The Bertz CT molecular complexity index is 1120. The van der Waals surface area contributed by atoms with Crippen molar-refractivity contribution in [2.75, 3.05) is 22.1 Å². The molecule has 1 aliphatic rings. The maximum atomic E-state index is 12.5. The van der Waals surface area contributed by atoms with Crippen LogP contribution >= 0.6 is 11.6 Å². The van der Waals surface area contributed by atoms with Crippen LogP contribution in [-0.2, 0) is 16.1 Å². The number of hydrogen-bond acceptors (Lipinski definition) is 4. The molecule has 0 saturated heterocycles. The van der Waals surface area contributed by atoms with E-state index in [0.29, 0.717) is 28.7 Å². The summed E-state index contributed by atoms with van der Waals surface area (Å²) in [6, 6.07) is 22.7. The number of amides is 2. The van der Waals surface area contributed by atoms with Crippen molar-refractivity contribution in [1.82, 2.24) is 0 Å². The van der Waals surface area contributed by atoms with Crippen molar-refractivity contribution in [3.8, 4) is 5.75 Å². The highest BCUT2D eigenvalue weighted by Crippen LogP contribution is 2.33. The molecule has 0 fully saturated rings. The fourth-order valence-corrected chi connectivity index (χ4v) is 3.80. The highest BCUT2D eigenvalue weighted by Gasteiger charge is 2.31. The lowest BCUT2D eigenvalue weighted by Gasteiger charge is -2.32. The average molecular weight is 450 g/mol. The molecule has 1 atom stereocenters. The number of ether oxygens (including phenoxy) is 1. The number of halogens is 1. The van der Waals surface area contributed by atoms with Crippen LogP contribution in [0.2, 0.25) is 5.02 Å². The van der Waals surface area contributed by atoms with Gasteiger partial charge in [-0.1, -0.05) is 54.1 Å². The minimum atomic E-state index is -0.581. The van der Waals surface area contributed by atoms with Crippen LogP contribution in [0.25, 0.3) is 0 Å². The Morgan fingerprint density at radius 1 is 1.06 bits per heavy atom. The van der Waals surface area contributed by atoms with E-state index in [1.165, 1.54) is 0 Å². The first-order valence-corrected chi connectivity index (χ1v) is 10.8. The zero-order valence-corrected chi connectivity index (χ0v) is 18.4. The van der Waals surface area contributed by atoms with Crippen molar-refractivity contribution < 1.29 is 14.3 Å². The van der Waals surface area contributed by atoms with Gasteiger partial charge >= 0.3 is 0 Å². The molecule has 32 heavy (non-hydrogen) atoms. The van der Waals surface area contributed by atoms with E-state index in [4.69, 9.17) is 16.3 Å². The summed E-state index contributed by atoms with van der Waals surface area (Å²) in [5.74, 6) is 0.286. The van der Waals surface area contributed by atoms with Crippen LogP contribution in [0.5, 0.6) is 5.75 Å². The number of hydrogen-bond donors (Lipinski definition) is 2. The van der Waals surface area contributed by atoms with Crippen LogP contribution in [0.4, 0.5) is 17.1 Å². The number of benzene rings is 3. The quantitative estimate of drug-likeness (QED) is 0.526. The number of nitrogens with one attached hydrogen (secondary N) is 2. The molecule has 0 saturated carbocycles. The molecule has 7 heteroatoms. The van der Waals surface area contributed by atoms with Crippen molar-refractivity contribution in [1.29, 1.82) is 0 Å². The molecule has 3 aromatic rings. The van der Waals surface area contributed by atoms with Gasteiger partial charge in [-0.05, 0) is 42.8 Å². The second-order valence-electron chi connectivity index (χ2n) is 7.55. The molecule has 2 amide bonds. The minimum absolute atomic E-state index is 0.151. The van der Waals surface area contributed by atoms with Crippen molar-refractivity contribution >= 4 is 40.5 Å². The van der Waals surface area contributed by atoms with Gasteiger partial charge in [0, 0.05) is 25.2 Å². The first-order valence-electron chi connectivity index (χ1n) is 10.5. The van der Waals surface area contributed by atoms with E-state index in [9.17, 15) is 9.59 Å². The van der Waals surface area contributed by atoms with Gasteiger partial charge in [0.05, 0.1) is 16.4 Å². The molecule has 6 nitrogen and oxygen atoms in total. The SMILES string of the molecule is CC1Oc2ccccc2N(CCC(=O)Nc2ccc(NCc3ccccc3)c(Cl)c2)C1=O. The Balaban J connectivity index is 1.34. The van der Waals surface area contributed by atoms with E-state index in [2.05, 4.69) is 10.6 Å². The molecule has 0 bridgehead atoms. The third kappa shape index (κ3) is 5.03. The smallest absolute Gasteiger partial charge is 0.267 e. The fraction of sp³-hybridized carbons (Fsp3) is 0.200. The van der Waals surface area contributed by atoms with E-state index in [1.54, 1.807) is 24.0 Å². The van der Waals surface area contributed by atoms with Crippen LogP contribution in [0.3, 0.4) is 0 Å². The van der Waals surface area contributed by atoms with Crippen LogP contribution < -0.4 is 20.3 Å². The van der Waals surface area contributed by atoms with Crippen LogP contribution in [0, 0.1) is 0 Å². The molecule has 0 radical (unpaired) electrons. The first kappa shape index (κ1) is 21.7. The van der Waals surface area contributed by atoms with Gasteiger partial charge in [-0.25, -0.2) is 0 Å². The molecule has 1 unspecified atom stereocenters. The number of rotatable bonds is 7. The Labute approximate surface area is 192 Å². The molecule has 0 aromatic heterocycles. The highest BCUT2D eigenvalue weighted by molar-refractivity contribution is 6.33. The lowest BCUT2D eigenvalue weighted by atomic mass is 10.1. The van der Waals surface area contributed by atoms with Crippen LogP contribution in [0.1, 0.15) is 18.9 Å². The van der Waals surface area contributed by atoms with Crippen molar-refractivity contribution in [3.05, 3.63) is 83.4 Å². The third-order valence-electron chi connectivity index (χ3n) is 5.21. The van der Waals surface area contributed by atoms with E-state index < -0.39 is 6.10 Å². The zero-order valence-electron chi connectivity index (χ0n) is 17.7. The summed E-state index contributed by atoms with van der Waals surface area (Å²) in [4.78, 5) is 26.7. The Morgan fingerprint density at radius 3 is 2.59 bits per heavy atom. The maximum Gasteiger partial charge on any atom is 0.267 e. The lowest BCUT2D eigenvalue weighted by molar-refractivity contribution is -0.125. The van der Waals surface area contributed by atoms with E-state index in [1.807, 2.05) is 60.7 Å². The number of nitrogens with zero attached hydrogens (tertiary/aromatic N) is 1. The number of carbonyl (C=O) groups is 2. The second-order valence-corrected chi connectivity index (χ2v) is 7.96. The highest BCUT2D eigenvalue weighted by atomic mass is 35.5. The minimum Gasteiger partial charge on any atom is -0.479 e. The largest absolute Gasteiger partial charge is 0.479 e. The summed E-state index contributed by atoms with van der Waals surface area (Å²) in [7, 11) is 0. The maximum absolute atomic E-state index is 12.5. The molecule has 1 aliphatic heterocycles. The fourth-order valence-electron chi connectivity index (χ4n) is 3.56. The van der Waals surface area contributed by atoms with E-state index in [0.717, 1.165) is 11.3 Å². The van der Waals surface area contributed by atoms with E-state index in [-0.39, 0.29) is 24.8 Å². The Morgan fingerprint density at radius 2 is 1.81 bits per heavy atom. The number of anilines is 3. The van der Waals surface area contributed by atoms with Gasteiger partial charge in [0.1, 0.15) is 5.75 Å². The first-order chi connectivity index (χ1) is 15.5. The summed E-state index contributed by atoms with van der Waals surface area (Å²) < 4.78 is 5.64. The van der Waals surface area contributed by atoms with Crippen LogP contribution in [-0.4, -0.2) is 24.5 Å². The summed E-state index contributed by atoms with van der Waals surface area (Å²) in [5, 5.41) is 6.67. The van der Waals surface area contributed by atoms with Crippen molar-refractivity contribution in [2.45, 2.75) is 26.0 Å². The predicted octanol–water partition coefficient (Wildman–Crippen LogP) is 5.09. The molecule has 1 heterocycles. The van der Waals surface area contributed by atoms with E-state index >= 15 is 0 Å². The number of para-hydroxylation sites is 2. The number of fused-ring (bicyclic) bond motifs is 1. The molecular formula is C25H24ClN3O3. The molecule has 3 aromatic carbocycles. The summed E-state index contributed by atoms with van der Waals surface area (Å²) >= 11 is 6.39. The monoisotopic (exact) mass is 449 g/mol. The van der Waals surface area contributed by atoms with Gasteiger partial charge in [-0.15, -0.1) is 0 Å². The van der Waals surface area contributed by atoms with Crippen molar-refractivity contribution in [3.63, 3.8) is 0 Å². The van der Waals surface area contributed by atoms with Gasteiger partial charge in [0.2, 0.25) is 5.91 Å². The summed E-state index contributed by atoms with van der Waals surface area (Å²) in [5.41, 5.74) is 3.22. The van der Waals surface area contributed by atoms with Gasteiger partial charge < -0.3 is 20.3 Å². The zero-order chi connectivity index (χ0) is 22.5. The van der Waals surface area contributed by atoms with Gasteiger partial charge in [0.15, 0.2) is 6.10 Å². The second kappa shape index (κ2) is 9.75. The standard InChI is InChI=1S/C25H24ClN3O3/c1-17-25(31)29(22-9-5-6-10-23(22)32-17)14-13-24(30)28-19-11-12-21(20(26)15-19)27-16-18-7-3-2-4-8-18/h2-12,15,17,27H,13-14,16H2,1H3,(H,28,30). The normalized spacial score (nSPS) is 15.0. The van der Waals surface area contributed by atoms with Crippen molar-refractivity contribution in [2.24, 2.45) is 0 Å². The Hall–Kier alpha value is -3.51. The molecule has 0 aliphatic carbocycles. The summed E-state index contributed by atoms with van der Waals surface area (Å²) in [6.45, 7) is 2.63.